The van der Waals surface area contributed by atoms with Crippen LogP contribution in [-0.4, -0.2) is 35.1 Å². The molecule has 2 fully saturated rings. The second kappa shape index (κ2) is 5.90. The van der Waals surface area contributed by atoms with Crippen molar-refractivity contribution < 1.29 is 0 Å². The molecule has 20 heavy (non-hydrogen) atoms. The van der Waals surface area contributed by atoms with Gasteiger partial charge in [0.2, 0.25) is 0 Å². The standard InChI is InChI=1S/C16H24ClN3/c1-11(2)20-9-12-4-3-5-13(10-20)16(12)19-15-8-18-7-6-14(15)17/h6-8,11-13,16,19H,3-5,9-10H2,1-2H3. The third kappa shape index (κ3) is 2.79. The van der Waals surface area contributed by atoms with Crippen molar-refractivity contribution in [3.05, 3.63) is 23.5 Å². The molecule has 1 aliphatic carbocycles. The van der Waals surface area contributed by atoms with E-state index in [-0.39, 0.29) is 0 Å². The van der Waals surface area contributed by atoms with Crippen LogP contribution in [0.2, 0.25) is 5.02 Å². The molecule has 0 amide bonds. The van der Waals surface area contributed by atoms with E-state index in [1.807, 2.05) is 12.3 Å². The van der Waals surface area contributed by atoms with Gasteiger partial charge in [-0.2, -0.15) is 0 Å². The highest BCUT2D eigenvalue weighted by Gasteiger charge is 2.40. The molecule has 3 nitrogen and oxygen atoms in total. The summed E-state index contributed by atoms with van der Waals surface area (Å²) in [6.45, 7) is 7.04. The van der Waals surface area contributed by atoms with E-state index in [0.717, 1.165) is 22.5 Å². The summed E-state index contributed by atoms with van der Waals surface area (Å²) in [5.41, 5.74) is 0.995. The summed E-state index contributed by atoms with van der Waals surface area (Å²) in [5.74, 6) is 1.47. The van der Waals surface area contributed by atoms with Gasteiger partial charge in [0.05, 0.1) is 16.9 Å². The van der Waals surface area contributed by atoms with Crippen LogP contribution in [-0.2, 0) is 0 Å². The Labute approximate surface area is 126 Å². The van der Waals surface area contributed by atoms with Gasteiger partial charge in [-0.1, -0.05) is 18.0 Å². The molecule has 1 N–H and O–H groups in total. The first-order chi connectivity index (χ1) is 9.65. The zero-order valence-electron chi connectivity index (χ0n) is 12.3. The number of fused-ring (bicyclic) bond motifs is 2. The average Bonchev–Trinajstić information content (AvgIpc) is 2.40. The highest BCUT2D eigenvalue weighted by Crippen LogP contribution is 2.38. The van der Waals surface area contributed by atoms with Crippen molar-refractivity contribution in [2.75, 3.05) is 18.4 Å². The minimum Gasteiger partial charge on any atom is -0.379 e. The van der Waals surface area contributed by atoms with E-state index >= 15 is 0 Å². The van der Waals surface area contributed by atoms with E-state index in [9.17, 15) is 0 Å². The van der Waals surface area contributed by atoms with Gasteiger partial charge in [-0.15, -0.1) is 0 Å². The minimum absolute atomic E-state index is 0.556. The first-order valence-corrected chi connectivity index (χ1v) is 8.13. The van der Waals surface area contributed by atoms with E-state index in [0.29, 0.717) is 12.1 Å². The third-order valence-electron chi connectivity index (χ3n) is 4.92. The number of aromatic nitrogens is 1. The largest absolute Gasteiger partial charge is 0.379 e. The Bertz CT molecular complexity index is 449. The smallest absolute Gasteiger partial charge is 0.0718 e. The summed E-state index contributed by atoms with van der Waals surface area (Å²) in [7, 11) is 0. The average molecular weight is 294 g/mol. The zero-order chi connectivity index (χ0) is 14.1. The molecular weight excluding hydrogens is 270 g/mol. The van der Waals surface area contributed by atoms with Gasteiger partial charge in [-0.25, -0.2) is 0 Å². The SMILES string of the molecule is CC(C)N1CC2CCCC(C1)C2Nc1cnccc1Cl. The number of likely N-dealkylation sites (tertiary alicyclic amines) is 1. The molecule has 1 saturated carbocycles. The van der Waals surface area contributed by atoms with Crippen molar-refractivity contribution >= 4 is 17.3 Å². The quantitative estimate of drug-likeness (QED) is 0.922. The third-order valence-corrected chi connectivity index (χ3v) is 5.25. The molecule has 0 radical (unpaired) electrons. The molecule has 3 rings (SSSR count). The highest BCUT2D eigenvalue weighted by atomic mass is 35.5. The van der Waals surface area contributed by atoms with Crippen molar-refractivity contribution in [3.63, 3.8) is 0 Å². The summed E-state index contributed by atoms with van der Waals surface area (Å²) >= 11 is 6.27. The molecule has 4 heteroatoms. The lowest BCUT2D eigenvalue weighted by molar-refractivity contribution is 0.0518. The van der Waals surface area contributed by atoms with E-state index < -0.39 is 0 Å². The summed E-state index contributed by atoms with van der Waals surface area (Å²) in [6, 6.07) is 3.07. The van der Waals surface area contributed by atoms with E-state index in [2.05, 4.69) is 29.0 Å². The second-order valence-corrected chi connectivity index (χ2v) is 6.93. The van der Waals surface area contributed by atoms with Crippen LogP contribution in [0.5, 0.6) is 0 Å². The second-order valence-electron chi connectivity index (χ2n) is 6.52. The van der Waals surface area contributed by atoms with Crippen molar-refractivity contribution in [2.24, 2.45) is 11.8 Å². The van der Waals surface area contributed by atoms with Gasteiger partial charge in [0, 0.05) is 31.4 Å². The Hall–Kier alpha value is -0.800. The maximum atomic E-state index is 6.27. The Kier molecular flexibility index (Phi) is 4.18. The van der Waals surface area contributed by atoms with Crippen LogP contribution in [0, 0.1) is 11.8 Å². The van der Waals surface area contributed by atoms with Crippen LogP contribution in [0.4, 0.5) is 5.69 Å². The molecule has 2 aliphatic rings. The normalized spacial score (nSPS) is 30.5. The summed E-state index contributed by atoms with van der Waals surface area (Å²) in [5, 5.41) is 4.47. The summed E-state index contributed by atoms with van der Waals surface area (Å²) in [4.78, 5) is 6.83. The van der Waals surface area contributed by atoms with Gasteiger partial charge in [0.25, 0.3) is 0 Å². The number of hydrogen-bond donors (Lipinski definition) is 1. The first kappa shape index (κ1) is 14.2. The van der Waals surface area contributed by atoms with E-state index in [1.165, 1.54) is 32.4 Å². The maximum absolute atomic E-state index is 6.27. The fourth-order valence-electron chi connectivity index (χ4n) is 3.79. The van der Waals surface area contributed by atoms with Gasteiger partial charge in [0.1, 0.15) is 0 Å². The molecule has 0 aromatic carbocycles. The fourth-order valence-corrected chi connectivity index (χ4v) is 3.95. The van der Waals surface area contributed by atoms with Crippen LogP contribution in [0.3, 0.4) is 0 Å². The predicted octanol–water partition coefficient (Wildman–Crippen LogP) is 3.66. The lowest BCUT2D eigenvalue weighted by Gasteiger charge is -2.49. The number of pyridine rings is 1. The summed E-state index contributed by atoms with van der Waals surface area (Å²) in [6.07, 6.45) is 7.63. The molecule has 1 saturated heterocycles. The number of anilines is 1. The van der Waals surface area contributed by atoms with Gasteiger partial charge in [0.15, 0.2) is 0 Å². The Morgan fingerprint density at radius 3 is 2.60 bits per heavy atom. The fraction of sp³-hybridized carbons (Fsp3) is 0.688. The molecule has 0 spiro atoms. The lowest BCUT2D eigenvalue weighted by atomic mass is 9.73. The van der Waals surface area contributed by atoms with Crippen molar-refractivity contribution in [2.45, 2.75) is 45.2 Å². The molecule has 1 aliphatic heterocycles. The van der Waals surface area contributed by atoms with Crippen LogP contribution >= 0.6 is 11.6 Å². The minimum atomic E-state index is 0.556. The Morgan fingerprint density at radius 1 is 1.30 bits per heavy atom. The molecule has 2 bridgehead atoms. The molecule has 2 unspecified atom stereocenters. The molecule has 1 aromatic rings. The number of piperidine rings is 1. The molecular formula is C16H24ClN3. The van der Waals surface area contributed by atoms with E-state index in [4.69, 9.17) is 11.6 Å². The van der Waals surface area contributed by atoms with Gasteiger partial charge >= 0.3 is 0 Å². The van der Waals surface area contributed by atoms with Crippen molar-refractivity contribution in [3.8, 4) is 0 Å². The monoisotopic (exact) mass is 293 g/mol. The van der Waals surface area contributed by atoms with Crippen molar-refractivity contribution in [1.29, 1.82) is 0 Å². The Balaban J connectivity index is 1.75. The van der Waals surface area contributed by atoms with Crippen LogP contribution < -0.4 is 5.32 Å². The first-order valence-electron chi connectivity index (χ1n) is 7.75. The summed E-state index contributed by atoms with van der Waals surface area (Å²) < 4.78 is 0. The van der Waals surface area contributed by atoms with Crippen molar-refractivity contribution in [1.82, 2.24) is 9.88 Å². The number of halogens is 1. The number of nitrogens with zero attached hydrogens (tertiary/aromatic N) is 2. The number of hydrogen-bond acceptors (Lipinski definition) is 3. The van der Waals surface area contributed by atoms with Gasteiger partial charge in [-0.05, 0) is 44.6 Å². The molecule has 2 heterocycles. The zero-order valence-corrected chi connectivity index (χ0v) is 13.1. The predicted molar refractivity (Wildman–Crippen MR) is 84.2 cm³/mol. The Morgan fingerprint density at radius 2 is 2.00 bits per heavy atom. The highest BCUT2D eigenvalue weighted by molar-refractivity contribution is 6.33. The lowest BCUT2D eigenvalue weighted by Crippen LogP contribution is -2.56. The van der Waals surface area contributed by atoms with Crippen LogP contribution in [0.1, 0.15) is 33.1 Å². The molecule has 2 atom stereocenters. The van der Waals surface area contributed by atoms with Gasteiger partial charge in [-0.3, -0.25) is 4.98 Å². The van der Waals surface area contributed by atoms with Crippen LogP contribution in [0.25, 0.3) is 0 Å². The molecule has 1 aromatic heterocycles. The van der Waals surface area contributed by atoms with Gasteiger partial charge < -0.3 is 10.2 Å². The number of nitrogens with one attached hydrogen (secondary N) is 1. The van der Waals surface area contributed by atoms with Crippen LogP contribution in [0.15, 0.2) is 18.5 Å². The maximum Gasteiger partial charge on any atom is 0.0718 e. The number of rotatable bonds is 3. The van der Waals surface area contributed by atoms with E-state index in [1.54, 1.807) is 6.20 Å². The topological polar surface area (TPSA) is 28.2 Å². The molecule has 110 valence electrons.